The number of hydrogen-bond acceptors (Lipinski definition) is 0. The molecule has 0 nitrogen and oxygen atoms in total. The molecular weight excluding hydrogens is 458 g/mol. The van der Waals surface area contributed by atoms with Crippen molar-refractivity contribution < 1.29 is 8.78 Å². The first-order valence-corrected chi connectivity index (χ1v) is 8.43. The van der Waals surface area contributed by atoms with Crippen LogP contribution in [0.1, 0.15) is 21.5 Å². The molecule has 1 atom stereocenters. The predicted octanol–water partition coefficient (Wildman–Crippen LogP) is 6.48. The Labute approximate surface area is 142 Å². The molecule has 20 heavy (non-hydrogen) atoms. The third-order valence-electron chi connectivity index (χ3n) is 3.06. The molecule has 1 unspecified atom stereocenters. The van der Waals surface area contributed by atoms with E-state index in [0.29, 0.717) is 0 Å². The molecular formula is C15H11Br3F2. The Balaban J connectivity index is 2.33. The van der Waals surface area contributed by atoms with Gasteiger partial charge in [-0.25, -0.2) is 8.78 Å². The summed E-state index contributed by atoms with van der Waals surface area (Å²) >= 11 is 10.5. The minimum absolute atomic E-state index is 0.0953. The van der Waals surface area contributed by atoms with Gasteiger partial charge in [0, 0.05) is 19.3 Å². The minimum Gasteiger partial charge on any atom is -0.207 e. The van der Waals surface area contributed by atoms with Crippen molar-refractivity contribution in [1.82, 2.24) is 0 Å². The molecule has 0 bridgehead atoms. The lowest BCUT2D eigenvalue weighted by Gasteiger charge is -2.15. The summed E-state index contributed by atoms with van der Waals surface area (Å²) in [6.07, 6.45) is 0.243. The van der Waals surface area contributed by atoms with Crippen LogP contribution in [-0.2, 0) is 6.42 Å². The molecule has 0 saturated heterocycles. The van der Waals surface area contributed by atoms with E-state index in [9.17, 15) is 8.78 Å². The van der Waals surface area contributed by atoms with Crippen molar-refractivity contribution >= 4 is 47.8 Å². The highest BCUT2D eigenvalue weighted by Crippen LogP contribution is 2.36. The van der Waals surface area contributed by atoms with Gasteiger partial charge in [0.1, 0.15) is 11.6 Å². The largest absolute Gasteiger partial charge is 0.207 e. The molecule has 0 aliphatic carbocycles. The standard InChI is InChI=1S/C15H11Br3F2/c1-8-5-12(17)9(6-11(8)16)13(18)7-10-14(19)3-2-4-15(10)20/h2-6,13H,7H2,1H3. The van der Waals surface area contributed by atoms with E-state index in [1.165, 1.54) is 18.2 Å². The lowest BCUT2D eigenvalue weighted by molar-refractivity contribution is 0.554. The van der Waals surface area contributed by atoms with Crippen molar-refractivity contribution in [1.29, 1.82) is 0 Å². The summed E-state index contributed by atoms with van der Waals surface area (Å²) in [6.45, 7) is 1.98. The van der Waals surface area contributed by atoms with Gasteiger partial charge in [0.25, 0.3) is 0 Å². The van der Waals surface area contributed by atoms with Crippen LogP contribution >= 0.6 is 47.8 Å². The first-order valence-electron chi connectivity index (χ1n) is 5.92. The molecule has 0 fully saturated rings. The van der Waals surface area contributed by atoms with Crippen LogP contribution in [0.3, 0.4) is 0 Å². The van der Waals surface area contributed by atoms with Crippen LogP contribution in [0.2, 0.25) is 0 Å². The summed E-state index contributed by atoms with van der Waals surface area (Å²) in [5.74, 6) is -1.03. The second kappa shape index (κ2) is 6.67. The van der Waals surface area contributed by atoms with Crippen molar-refractivity contribution in [3.63, 3.8) is 0 Å². The van der Waals surface area contributed by atoms with E-state index >= 15 is 0 Å². The zero-order valence-electron chi connectivity index (χ0n) is 10.6. The van der Waals surface area contributed by atoms with Gasteiger partial charge < -0.3 is 0 Å². The molecule has 0 spiro atoms. The lowest BCUT2D eigenvalue weighted by Crippen LogP contribution is -2.02. The molecule has 2 aromatic carbocycles. The molecule has 2 aromatic rings. The highest BCUT2D eigenvalue weighted by molar-refractivity contribution is 9.11. The van der Waals surface area contributed by atoms with Crippen LogP contribution in [0, 0.1) is 18.6 Å². The molecule has 0 aliphatic rings. The lowest BCUT2D eigenvalue weighted by atomic mass is 10.0. The molecule has 0 radical (unpaired) electrons. The molecule has 106 valence electrons. The Hall–Kier alpha value is -0.260. The first kappa shape index (κ1) is 16.1. The van der Waals surface area contributed by atoms with Crippen LogP contribution in [0.15, 0.2) is 39.3 Å². The van der Waals surface area contributed by atoms with Gasteiger partial charge in [-0.15, -0.1) is 0 Å². The topological polar surface area (TPSA) is 0 Å². The Morgan fingerprint density at radius 1 is 1.05 bits per heavy atom. The second-order valence-electron chi connectivity index (χ2n) is 4.49. The van der Waals surface area contributed by atoms with Crippen molar-refractivity contribution in [2.45, 2.75) is 18.2 Å². The SMILES string of the molecule is Cc1cc(Br)c(C(Br)Cc2c(F)cccc2F)cc1Br. The average Bonchev–Trinajstić information content (AvgIpc) is 2.38. The van der Waals surface area contributed by atoms with Crippen LogP contribution in [0.4, 0.5) is 8.78 Å². The fourth-order valence-corrected chi connectivity index (χ4v) is 4.02. The molecule has 0 N–H and O–H groups in total. The van der Waals surface area contributed by atoms with E-state index in [0.717, 1.165) is 20.1 Å². The van der Waals surface area contributed by atoms with Gasteiger partial charge in [-0.2, -0.15) is 0 Å². The zero-order chi connectivity index (χ0) is 14.9. The highest BCUT2D eigenvalue weighted by Gasteiger charge is 2.18. The van der Waals surface area contributed by atoms with Crippen molar-refractivity contribution in [3.05, 3.63) is 67.6 Å². The van der Waals surface area contributed by atoms with Gasteiger partial charge >= 0.3 is 0 Å². The number of benzene rings is 2. The van der Waals surface area contributed by atoms with Gasteiger partial charge in [0.15, 0.2) is 0 Å². The first-order chi connectivity index (χ1) is 9.40. The van der Waals surface area contributed by atoms with E-state index < -0.39 is 11.6 Å². The van der Waals surface area contributed by atoms with E-state index in [1.54, 1.807) is 0 Å². The quantitative estimate of drug-likeness (QED) is 0.452. The van der Waals surface area contributed by atoms with Crippen LogP contribution in [0.25, 0.3) is 0 Å². The molecule has 0 saturated carbocycles. The minimum atomic E-state index is -0.517. The van der Waals surface area contributed by atoms with Crippen LogP contribution in [0.5, 0.6) is 0 Å². The fraction of sp³-hybridized carbons (Fsp3) is 0.200. The van der Waals surface area contributed by atoms with E-state index in [4.69, 9.17) is 0 Å². The average molecular weight is 469 g/mol. The van der Waals surface area contributed by atoms with E-state index in [1.807, 2.05) is 19.1 Å². The predicted molar refractivity (Wildman–Crippen MR) is 88.3 cm³/mol. The number of rotatable bonds is 3. The van der Waals surface area contributed by atoms with Crippen LogP contribution < -0.4 is 0 Å². The summed E-state index contributed by atoms with van der Waals surface area (Å²) in [6, 6.07) is 7.86. The van der Waals surface area contributed by atoms with Crippen LogP contribution in [-0.4, -0.2) is 0 Å². The maximum Gasteiger partial charge on any atom is 0.129 e. The number of alkyl halides is 1. The maximum absolute atomic E-state index is 13.7. The van der Waals surface area contributed by atoms with Gasteiger partial charge in [-0.05, 0) is 48.7 Å². The maximum atomic E-state index is 13.7. The van der Waals surface area contributed by atoms with Gasteiger partial charge in [0.2, 0.25) is 0 Å². The normalized spacial score (nSPS) is 12.5. The second-order valence-corrected chi connectivity index (χ2v) is 7.31. The Morgan fingerprint density at radius 2 is 1.65 bits per heavy atom. The van der Waals surface area contributed by atoms with E-state index in [2.05, 4.69) is 47.8 Å². The molecule has 0 amide bonds. The Kier molecular flexibility index (Phi) is 5.37. The summed E-state index contributed by atoms with van der Waals surface area (Å²) in [4.78, 5) is -0.180. The van der Waals surface area contributed by atoms with Crippen molar-refractivity contribution in [2.24, 2.45) is 0 Å². The number of hydrogen-bond donors (Lipinski definition) is 0. The van der Waals surface area contributed by atoms with Gasteiger partial charge in [0.05, 0.1) is 0 Å². The number of aryl methyl sites for hydroxylation is 1. The highest BCUT2D eigenvalue weighted by atomic mass is 79.9. The molecule has 0 aliphatic heterocycles. The third kappa shape index (κ3) is 3.49. The monoisotopic (exact) mass is 466 g/mol. The summed E-state index contributed by atoms with van der Waals surface area (Å²) in [5.41, 5.74) is 2.14. The molecule has 2 rings (SSSR count). The molecule has 0 heterocycles. The van der Waals surface area contributed by atoms with Gasteiger partial charge in [-0.3, -0.25) is 0 Å². The van der Waals surface area contributed by atoms with Crippen molar-refractivity contribution in [2.75, 3.05) is 0 Å². The fourth-order valence-electron chi connectivity index (χ4n) is 1.92. The zero-order valence-corrected chi connectivity index (χ0v) is 15.3. The molecule has 5 heteroatoms. The van der Waals surface area contributed by atoms with Crippen molar-refractivity contribution in [3.8, 4) is 0 Å². The van der Waals surface area contributed by atoms with Gasteiger partial charge in [-0.1, -0.05) is 53.9 Å². The number of halogens is 5. The Morgan fingerprint density at radius 3 is 2.25 bits per heavy atom. The Bertz CT molecular complexity index is 621. The summed E-state index contributed by atoms with van der Waals surface area (Å²) in [5, 5.41) is 0. The summed E-state index contributed by atoms with van der Waals surface area (Å²) in [7, 11) is 0. The van der Waals surface area contributed by atoms with E-state index in [-0.39, 0.29) is 16.8 Å². The molecule has 0 aromatic heterocycles. The smallest absolute Gasteiger partial charge is 0.129 e. The summed E-state index contributed by atoms with van der Waals surface area (Å²) < 4.78 is 29.3. The third-order valence-corrected chi connectivity index (χ3v) is 5.42.